The van der Waals surface area contributed by atoms with Gasteiger partial charge < -0.3 is 9.80 Å². The Morgan fingerprint density at radius 2 is 1.89 bits per heavy atom. The highest BCUT2D eigenvalue weighted by atomic mass is 19.4. The number of amides is 1. The highest BCUT2D eigenvalue weighted by Gasteiger charge is 2.32. The second kappa shape index (κ2) is 7.06. The lowest BCUT2D eigenvalue weighted by Gasteiger charge is -2.22. The summed E-state index contributed by atoms with van der Waals surface area (Å²) in [6.07, 6.45) is -1.31. The Labute approximate surface area is 157 Å². The summed E-state index contributed by atoms with van der Waals surface area (Å²) in [5, 5.41) is 12.2. The molecule has 1 aliphatic heterocycles. The molecule has 0 aromatic carbocycles. The highest BCUT2D eigenvalue weighted by Crippen LogP contribution is 2.27. The fourth-order valence-corrected chi connectivity index (χ4v) is 3.11. The summed E-state index contributed by atoms with van der Waals surface area (Å²) in [4.78, 5) is 19.7. The molecule has 0 bridgehead atoms. The van der Waals surface area contributed by atoms with Crippen molar-refractivity contribution in [2.45, 2.75) is 12.6 Å². The number of rotatable bonds is 2. The molecule has 0 unspecified atom stereocenters. The molecule has 0 radical (unpaired) electrons. The van der Waals surface area contributed by atoms with Crippen molar-refractivity contribution in [1.82, 2.24) is 29.7 Å². The van der Waals surface area contributed by atoms with E-state index in [2.05, 4.69) is 25.2 Å². The van der Waals surface area contributed by atoms with Gasteiger partial charge in [-0.1, -0.05) is 0 Å². The molecule has 4 rings (SSSR count). The average molecular weight is 391 g/mol. The van der Waals surface area contributed by atoms with Gasteiger partial charge in [-0.2, -0.15) is 17.7 Å². The first kappa shape index (κ1) is 18.1. The lowest BCUT2D eigenvalue weighted by atomic mass is 10.2. The van der Waals surface area contributed by atoms with Crippen LogP contribution in [0, 0.1) is 0 Å². The van der Waals surface area contributed by atoms with E-state index in [9.17, 15) is 18.0 Å². The molecule has 1 amide bonds. The van der Waals surface area contributed by atoms with E-state index in [4.69, 9.17) is 0 Å². The van der Waals surface area contributed by atoms with Crippen LogP contribution in [-0.4, -0.2) is 61.8 Å². The van der Waals surface area contributed by atoms with E-state index in [1.807, 2.05) is 12.1 Å². The first-order valence-electron chi connectivity index (χ1n) is 8.66. The lowest BCUT2D eigenvalue weighted by molar-refractivity contribution is -0.141. The van der Waals surface area contributed by atoms with Crippen LogP contribution in [0.5, 0.6) is 0 Å². The zero-order valence-corrected chi connectivity index (χ0v) is 14.7. The van der Waals surface area contributed by atoms with Crippen molar-refractivity contribution < 1.29 is 18.0 Å². The number of anilines is 1. The largest absolute Gasteiger partial charge is 0.433 e. The van der Waals surface area contributed by atoms with Crippen molar-refractivity contribution in [2.24, 2.45) is 0 Å². The van der Waals surface area contributed by atoms with Crippen LogP contribution in [0.2, 0.25) is 0 Å². The maximum Gasteiger partial charge on any atom is 0.433 e. The molecule has 0 saturated carbocycles. The van der Waals surface area contributed by atoms with Gasteiger partial charge in [0.25, 0.3) is 5.91 Å². The molecule has 1 aliphatic rings. The Morgan fingerprint density at radius 1 is 1.04 bits per heavy atom. The van der Waals surface area contributed by atoms with Crippen LogP contribution < -0.4 is 4.90 Å². The van der Waals surface area contributed by atoms with Gasteiger partial charge in [0.1, 0.15) is 17.8 Å². The lowest BCUT2D eigenvalue weighted by Crippen LogP contribution is -2.35. The number of pyridine rings is 1. The number of alkyl halides is 3. The molecule has 3 aromatic rings. The van der Waals surface area contributed by atoms with E-state index in [0.717, 1.165) is 18.1 Å². The van der Waals surface area contributed by atoms with E-state index in [0.29, 0.717) is 38.2 Å². The van der Waals surface area contributed by atoms with Crippen LogP contribution >= 0.6 is 0 Å². The summed E-state index contributed by atoms with van der Waals surface area (Å²) in [7, 11) is 0. The van der Waals surface area contributed by atoms with Crippen LogP contribution in [0.3, 0.4) is 0 Å². The van der Waals surface area contributed by atoms with Crippen molar-refractivity contribution in [1.29, 1.82) is 0 Å². The Hall–Kier alpha value is -3.24. The number of carbonyl (C=O) groups excluding carboxylic acids is 1. The van der Waals surface area contributed by atoms with Gasteiger partial charge in [0.05, 0.1) is 5.56 Å². The van der Waals surface area contributed by atoms with E-state index < -0.39 is 11.9 Å². The fraction of sp³-hybridized carbons (Fsp3) is 0.353. The van der Waals surface area contributed by atoms with Gasteiger partial charge in [0.15, 0.2) is 5.65 Å². The summed E-state index contributed by atoms with van der Waals surface area (Å²) in [5.74, 6) is 0.420. The normalized spacial score (nSPS) is 15.7. The zero-order valence-electron chi connectivity index (χ0n) is 14.7. The molecule has 28 heavy (non-hydrogen) atoms. The number of hydrogen-bond donors (Lipinski definition) is 0. The third-order valence-corrected chi connectivity index (χ3v) is 4.56. The average Bonchev–Trinajstić information content (AvgIpc) is 3.01. The van der Waals surface area contributed by atoms with Crippen LogP contribution in [0.4, 0.5) is 19.0 Å². The maximum absolute atomic E-state index is 12.6. The second-order valence-electron chi connectivity index (χ2n) is 6.39. The number of fused-ring (bicyclic) bond motifs is 1. The number of halogens is 3. The molecule has 0 aliphatic carbocycles. The Balaban J connectivity index is 1.45. The van der Waals surface area contributed by atoms with E-state index in [1.165, 1.54) is 12.4 Å². The topological polar surface area (TPSA) is 79.5 Å². The summed E-state index contributed by atoms with van der Waals surface area (Å²) in [6.45, 7) is 2.20. The first-order chi connectivity index (χ1) is 13.4. The molecule has 3 aromatic heterocycles. The minimum absolute atomic E-state index is 0.144. The van der Waals surface area contributed by atoms with Gasteiger partial charge in [-0.3, -0.25) is 9.78 Å². The van der Waals surface area contributed by atoms with Gasteiger partial charge in [-0.05, 0) is 30.7 Å². The molecule has 0 N–H and O–H groups in total. The summed E-state index contributed by atoms with van der Waals surface area (Å²) < 4.78 is 39.5. The van der Waals surface area contributed by atoms with Gasteiger partial charge in [0, 0.05) is 32.4 Å². The van der Waals surface area contributed by atoms with Gasteiger partial charge in [0.2, 0.25) is 0 Å². The molecule has 146 valence electrons. The minimum Gasteiger partial charge on any atom is -0.353 e. The van der Waals surface area contributed by atoms with Crippen LogP contribution in [-0.2, 0) is 6.18 Å². The van der Waals surface area contributed by atoms with E-state index >= 15 is 0 Å². The van der Waals surface area contributed by atoms with Gasteiger partial charge in [-0.25, -0.2) is 0 Å². The molecule has 0 atom stereocenters. The molecular formula is C17H16F3N7O. The van der Waals surface area contributed by atoms with Crippen LogP contribution in [0.1, 0.15) is 22.5 Å². The molecular weight excluding hydrogens is 375 g/mol. The molecule has 8 nitrogen and oxygen atoms in total. The zero-order chi connectivity index (χ0) is 19.7. The summed E-state index contributed by atoms with van der Waals surface area (Å²) in [5.41, 5.74) is -0.225. The van der Waals surface area contributed by atoms with Crippen molar-refractivity contribution in [2.75, 3.05) is 31.1 Å². The van der Waals surface area contributed by atoms with E-state index in [-0.39, 0.29) is 11.5 Å². The second-order valence-corrected chi connectivity index (χ2v) is 6.39. The van der Waals surface area contributed by atoms with Crippen molar-refractivity contribution in [3.05, 3.63) is 48.0 Å². The van der Waals surface area contributed by atoms with Crippen molar-refractivity contribution in [3.63, 3.8) is 0 Å². The third-order valence-electron chi connectivity index (χ3n) is 4.56. The SMILES string of the molecule is O=C(c1ccc(C(F)(F)F)nc1)N1CCCN(c2ccc3nncn3n2)CC1. The number of carbonyl (C=O) groups is 1. The quantitative estimate of drug-likeness (QED) is 0.664. The fourth-order valence-electron chi connectivity index (χ4n) is 3.11. The van der Waals surface area contributed by atoms with E-state index in [1.54, 1.807) is 9.42 Å². The molecule has 1 saturated heterocycles. The summed E-state index contributed by atoms with van der Waals surface area (Å²) in [6, 6.07) is 5.66. The monoisotopic (exact) mass is 391 g/mol. The molecule has 1 fully saturated rings. The standard InChI is InChI=1S/C17H16F3N7O/c18-17(19,20)13-3-2-12(10-21-13)16(28)26-7-1-6-25(8-9-26)15-5-4-14-23-22-11-27(14)24-15/h2-5,10-11H,1,6-9H2. The van der Waals surface area contributed by atoms with Crippen LogP contribution in [0.25, 0.3) is 5.65 Å². The number of aromatic nitrogens is 5. The molecule has 11 heteroatoms. The Morgan fingerprint density at radius 3 is 2.64 bits per heavy atom. The Bertz CT molecular complexity index is 986. The molecule has 0 spiro atoms. The number of hydrogen-bond acceptors (Lipinski definition) is 6. The van der Waals surface area contributed by atoms with Crippen molar-refractivity contribution in [3.8, 4) is 0 Å². The van der Waals surface area contributed by atoms with Crippen LogP contribution in [0.15, 0.2) is 36.8 Å². The minimum atomic E-state index is -4.52. The predicted octanol–water partition coefficient (Wildman–Crippen LogP) is 1.89. The predicted molar refractivity (Wildman–Crippen MR) is 92.8 cm³/mol. The Kier molecular flexibility index (Phi) is 4.57. The third kappa shape index (κ3) is 3.59. The maximum atomic E-state index is 12.6. The highest BCUT2D eigenvalue weighted by molar-refractivity contribution is 5.94. The van der Waals surface area contributed by atoms with Crippen molar-refractivity contribution >= 4 is 17.4 Å². The van der Waals surface area contributed by atoms with Gasteiger partial charge in [-0.15, -0.1) is 15.3 Å². The smallest absolute Gasteiger partial charge is 0.353 e. The van der Waals surface area contributed by atoms with Gasteiger partial charge >= 0.3 is 6.18 Å². The number of nitrogens with zero attached hydrogens (tertiary/aromatic N) is 7. The summed E-state index contributed by atoms with van der Waals surface area (Å²) >= 11 is 0. The molecule has 4 heterocycles. The first-order valence-corrected chi connectivity index (χ1v) is 8.66.